The van der Waals surface area contributed by atoms with E-state index in [0.29, 0.717) is 29.9 Å². The molecule has 1 amide bonds. The Morgan fingerprint density at radius 2 is 1.86 bits per heavy atom. The van der Waals surface area contributed by atoms with Crippen LogP contribution in [0.5, 0.6) is 11.5 Å². The number of ether oxygens (including phenoxy) is 2. The lowest BCUT2D eigenvalue weighted by atomic mass is 10.1. The summed E-state index contributed by atoms with van der Waals surface area (Å²) in [5.74, 6) is 0.415. The number of halogens is 1. The number of hydrogen-bond acceptors (Lipinski definition) is 5. The van der Waals surface area contributed by atoms with Crippen molar-refractivity contribution in [3.63, 3.8) is 0 Å². The first-order valence-corrected chi connectivity index (χ1v) is 9.25. The normalized spacial score (nSPS) is 10.4. The van der Waals surface area contributed by atoms with Gasteiger partial charge < -0.3 is 14.8 Å². The van der Waals surface area contributed by atoms with E-state index in [0.717, 1.165) is 16.9 Å². The summed E-state index contributed by atoms with van der Waals surface area (Å²) in [6.07, 6.45) is 4.81. The van der Waals surface area contributed by atoms with Gasteiger partial charge in [-0.2, -0.15) is 4.39 Å². The van der Waals surface area contributed by atoms with Gasteiger partial charge in [0.2, 0.25) is 5.95 Å². The number of pyridine rings is 2. The van der Waals surface area contributed by atoms with Crippen molar-refractivity contribution >= 4 is 5.91 Å². The van der Waals surface area contributed by atoms with Crippen molar-refractivity contribution in [1.29, 1.82) is 0 Å². The predicted octanol–water partition coefficient (Wildman–Crippen LogP) is 3.66. The maximum atomic E-state index is 13.8. The molecule has 0 aliphatic heterocycles. The Morgan fingerprint density at radius 1 is 1.07 bits per heavy atom. The van der Waals surface area contributed by atoms with Gasteiger partial charge in [0.1, 0.15) is 11.5 Å². The molecule has 29 heavy (non-hydrogen) atoms. The molecule has 0 radical (unpaired) electrons. The second kappa shape index (κ2) is 9.64. The van der Waals surface area contributed by atoms with E-state index < -0.39 is 5.95 Å². The van der Waals surface area contributed by atoms with Gasteiger partial charge in [-0.25, -0.2) is 4.98 Å². The summed E-state index contributed by atoms with van der Waals surface area (Å²) in [4.78, 5) is 20.3. The standard InChI is InChI=1S/C22H22FN3O3/c1-3-29-19-6-4-15(5-7-19)17-10-18(13-24-12-17)22(27)25-9-8-16-11-20(28-2)14-26-21(16)23/h4-7,10-14H,3,8-9H2,1-2H3,(H,25,27). The second-order valence-corrected chi connectivity index (χ2v) is 6.25. The van der Waals surface area contributed by atoms with E-state index in [1.807, 2.05) is 31.2 Å². The van der Waals surface area contributed by atoms with Gasteiger partial charge in [-0.15, -0.1) is 0 Å². The van der Waals surface area contributed by atoms with Crippen molar-refractivity contribution in [3.05, 3.63) is 72.1 Å². The molecule has 0 fully saturated rings. The Morgan fingerprint density at radius 3 is 2.59 bits per heavy atom. The van der Waals surface area contributed by atoms with Crippen LogP contribution in [0.4, 0.5) is 4.39 Å². The molecule has 7 heteroatoms. The van der Waals surface area contributed by atoms with Gasteiger partial charge in [-0.1, -0.05) is 12.1 Å². The topological polar surface area (TPSA) is 73.3 Å². The van der Waals surface area contributed by atoms with Crippen LogP contribution in [0, 0.1) is 5.95 Å². The van der Waals surface area contributed by atoms with Crippen molar-refractivity contribution in [2.45, 2.75) is 13.3 Å². The van der Waals surface area contributed by atoms with Crippen LogP contribution in [0.3, 0.4) is 0 Å². The van der Waals surface area contributed by atoms with Gasteiger partial charge in [0.25, 0.3) is 5.91 Å². The number of rotatable bonds is 8. The number of nitrogens with zero attached hydrogens (tertiary/aromatic N) is 2. The van der Waals surface area contributed by atoms with Crippen LogP contribution in [0.1, 0.15) is 22.8 Å². The van der Waals surface area contributed by atoms with Crippen LogP contribution < -0.4 is 14.8 Å². The average Bonchev–Trinajstić information content (AvgIpc) is 2.76. The molecular weight excluding hydrogens is 373 g/mol. The van der Waals surface area contributed by atoms with Gasteiger partial charge in [0.15, 0.2) is 0 Å². The van der Waals surface area contributed by atoms with Gasteiger partial charge in [-0.3, -0.25) is 9.78 Å². The lowest BCUT2D eigenvalue weighted by Crippen LogP contribution is -2.26. The Balaban J connectivity index is 1.63. The van der Waals surface area contributed by atoms with Crippen molar-refractivity contribution in [3.8, 4) is 22.6 Å². The van der Waals surface area contributed by atoms with Crippen molar-refractivity contribution in [1.82, 2.24) is 15.3 Å². The van der Waals surface area contributed by atoms with Crippen molar-refractivity contribution < 1.29 is 18.7 Å². The summed E-state index contributed by atoms with van der Waals surface area (Å²) >= 11 is 0. The number of hydrogen-bond donors (Lipinski definition) is 1. The van der Waals surface area contributed by atoms with Crippen LogP contribution in [-0.4, -0.2) is 36.1 Å². The fourth-order valence-corrected chi connectivity index (χ4v) is 2.80. The molecule has 2 aromatic heterocycles. The van der Waals surface area contributed by atoms with Crippen molar-refractivity contribution in [2.75, 3.05) is 20.3 Å². The Kier molecular flexibility index (Phi) is 6.73. The highest BCUT2D eigenvalue weighted by atomic mass is 19.1. The maximum absolute atomic E-state index is 13.8. The molecule has 0 aliphatic carbocycles. The first kappa shape index (κ1) is 20.3. The number of methoxy groups -OCH3 is 1. The quantitative estimate of drug-likeness (QED) is 0.589. The fourth-order valence-electron chi connectivity index (χ4n) is 2.80. The molecule has 0 saturated carbocycles. The van der Waals surface area contributed by atoms with Crippen LogP contribution in [-0.2, 0) is 6.42 Å². The number of nitrogens with one attached hydrogen (secondary N) is 1. The molecule has 0 bridgehead atoms. The number of aromatic nitrogens is 2. The van der Waals surface area contributed by atoms with Gasteiger partial charge in [-0.05, 0) is 43.2 Å². The highest BCUT2D eigenvalue weighted by molar-refractivity contribution is 5.95. The Labute approximate surface area is 168 Å². The lowest BCUT2D eigenvalue weighted by Gasteiger charge is -2.09. The Hall–Kier alpha value is -3.48. The molecule has 1 N–H and O–H groups in total. The summed E-state index contributed by atoms with van der Waals surface area (Å²) in [7, 11) is 1.49. The third-order valence-electron chi connectivity index (χ3n) is 4.30. The first-order chi connectivity index (χ1) is 14.1. The largest absolute Gasteiger partial charge is 0.495 e. The van der Waals surface area contributed by atoms with Crippen LogP contribution in [0.15, 0.2) is 55.0 Å². The van der Waals surface area contributed by atoms with E-state index in [1.54, 1.807) is 18.3 Å². The SMILES string of the molecule is CCOc1ccc(-c2cncc(C(=O)NCCc3cc(OC)cnc3F)c2)cc1. The van der Waals surface area contributed by atoms with Crippen LogP contribution in [0.2, 0.25) is 0 Å². The minimum absolute atomic E-state index is 0.262. The highest BCUT2D eigenvalue weighted by Crippen LogP contribution is 2.22. The number of carbonyl (C=O) groups excluding carboxylic acids is 1. The second-order valence-electron chi connectivity index (χ2n) is 6.25. The van der Waals surface area contributed by atoms with E-state index >= 15 is 0 Å². The fraction of sp³-hybridized carbons (Fsp3) is 0.227. The summed E-state index contributed by atoms with van der Waals surface area (Å²) in [6.45, 7) is 2.79. The van der Waals surface area contributed by atoms with E-state index in [2.05, 4.69) is 15.3 Å². The molecule has 0 saturated heterocycles. The molecule has 150 valence electrons. The third-order valence-corrected chi connectivity index (χ3v) is 4.30. The zero-order chi connectivity index (χ0) is 20.6. The smallest absolute Gasteiger partial charge is 0.252 e. The number of benzene rings is 1. The minimum atomic E-state index is -0.570. The summed E-state index contributed by atoms with van der Waals surface area (Å²) in [5, 5.41) is 2.78. The van der Waals surface area contributed by atoms with Crippen molar-refractivity contribution in [2.24, 2.45) is 0 Å². The molecule has 0 aliphatic rings. The van der Waals surface area contributed by atoms with Gasteiger partial charge >= 0.3 is 0 Å². The summed E-state index contributed by atoms with van der Waals surface area (Å²) in [5.41, 5.74) is 2.57. The van der Waals surface area contributed by atoms with Gasteiger partial charge in [0.05, 0.1) is 25.5 Å². The highest BCUT2D eigenvalue weighted by Gasteiger charge is 2.10. The van der Waals surface area contributed by atoms with E-state index in [4.69, 9.17) is 9.47 Å². The maximum Gasteiger partial charge on any atom is 0.252 e. The predicted molar refractivity (Wildman–Crippen MR) is 108 cm³/mol. The Bertz CT molecular complexity index is 977. The number of carbonyl (C=O) groups is 1. The third kappa shape index (κ3) is 5.28. The molecule has 0 unspecified atom stereocenters. The summed E-state index contributed by atoms with van der Waals surface area (Å²) in [6, 6.07) is 10.9. The first-order valence-electron chi connectivity index (χ1n) is 9.25. The monoisotopic (exact) mass is 395 g/mol. The van der Waals surface area contributed by atoms with Crippen LogP contribution >= 0.6 is 0 Å². The summed E-state index contributed by atoms with van der Waals surface area (Å²) < 4.78 is 24.3. The zero-order valence-electron chi connectivity index (χ0n) is 16.3. The average molecular weight is 395 g/mol. The molecule has 2 heterocycles. The molecular formula is C22H22FN3O3. The zero-order valence-corrected chi connectivity index (χ0v) is 16.3. The van der Waals surface area contributed by atoms with Crippen LogP contribution in [0.25, 0.3) is 11.1 Å². The lowest BCUT2D eigenvalue weighted by molar-refractivity contribution is 0.0953. The molecule has 3 rings (SSSR count). The van der Waals surface area contributed by atoms with E-state index in [1.165, 1.54) is 19.5 Å². The minimum Gasteiger partial charge on any atom is -0.495 e. The van der Waals surface area contributed by atoms with E-state index in [-0.39, 0.29) is 12.5 Å². The molecule has 1 aromatic carbocycles. The van der Waals surface area contributed by atoms with E-state index in [9.17, 15) is 9.18 Å². The number of amides is 1. The molecule has 6 nitrogen and oxygen atoms in total. The molecule has 3 aromatic rings. The molecule has 0 spiro atoms. The van der Waals surface area contributed by atoms with Gasteiger partial charge in [0, 0.05) is 30.1 Å². The molecule has 0 atom stereocenters.